The molecule has 35 heavy (non-hydrogen) atoms. The number of piperazine rings is 1. The fourth-order valence-electron chi connectivity index (χ4n) is 4.74. The molecule has 9 heteroatoms. The van der Waals surface area contributed by atoms with Crippen LogP contribution < -0.4 is 14.8 Å². The van der Waals surface area contributed by atoms with E-state index in [-0.39, 0.29) is 10.7 Å². The maximum atomic E-state index is 13.5. The second kappa shape index (κ2) is 11.5. The minimum atomic E-state index is -3.60. The van der Waals surface area contributed by atoms with Gasteiger partial charge in [0.1, 0.15) is 11.6 Å². The molecule has 0 bridgehead atoms. The molecule has 1 saturated heterocycles. The Kier molecular flexibility index (Phi) is 8.43. The molecule has 0 unspecified atom stereocenters. The van der Waals surface area contributed by atoms with E-state index in [0.29, 0.717) is 43.8 Å². The van der Waals surface area contributed by atoms with Gasteiger partial charge < -0.3 is 19.9 Å². The van der Waals surface area contributed by atoms with Crippen molar-refractivity contribution in [2.24, 2.45) is 0 Å². The highest BCUT2D eigenvalue weighted by Crippen LogP contribution is 2.21. The third-order valence-electron chi connectivity index (χ3n) is 6.30. The van der Waals surface area contributed by atoms with Crippen LogP contribution in [0, 0.1) is 5.82 Å². The van der Waals surface area contributed by atoms with Gasteiger partial charge in [0.25, 0.3) is 0 Å². The first kappa shape index (κ1) is 25.6. The van der Waals surface area contributed by atoms with Crippen LogP contribution in [0.4, 0.5) is 4.39 Å². The fourth-order valence-corrected chi connectivity index (χ4v) is 5.82. The molecule has 2 atom stereocenters. The van der Waals surface area contributed by atoms with Crippen molar-refractivity contribution in [3.8, 4) is 5.75 Å². The van der Waals surface area contributed by atoms with Crippen molar-refractivity contribution in [3.63, 3.8) is 0 Å². The molecule has 0 radical (unpaired) electrons. The van der Waals surface area contributed by atoms with Crippen LogP contribution >= 0.6 is 0 Å². The first-order valence-corrected chi connectivity index (χ1v) is 13.7. The lowest BCUT2D eigenvalue weighted by molar-refractivity contribution is 0.161. The van der Waals surface area contributed by atoms with Crippen molar-refractivity contribution in [2.45, 2.75) is 50.1 Å². The monoisotopic (exact) mass is 502 g/mol. The molecule has 1 fully saturated rings. The maximum absolute atomic E-state index is 13.5. The number of H-pyrrole nitrogens is 1. The lowest BCUT2D eigenvalue weighted by Crippen LogP contribution is -2.54. The van der Waals surface area contributed by atoms with Gasteiger partial charge in [-0.3, -0.25) is 0 Å². The molecule has 1 aliphatic heterocycles. The molecule has 3 N–H and O–H groups in total. The number of hydrogen-bond donors (Lipinski definition) is 3. The molecule has 1 aromatic heterocycles. The van der Waals surface area contributed by atoms with Crippen molar-refractivity contribution in [1.29, 1.82) is 0 Å². The molecule has 4 rings (SSSR count). The van der Waals surface area contributed by atoms with Gasteiger partial charge in [0.15, 0.2) is 0 Å². The average molecular weight is 503 g/mol. The largest absolute Gasteiger partial charge is 0.494 e. The van der Waals surface area contributed by atoms with Gasteiger partial charge in [0.05, 0.1) is 11.5 Å². The highest BCUT2D eigenvalue weighted by atomic mass is 32.2. The van der Waals surface area contributed by atoms with Crippen LogP contribution in [0.3, 0.4) is 0 Å². The van der Waals surface area contributed by atoms with Gasteiger partial charge in [-0.15, -0.1) is 0 Å². The first-order valence-electron chi connectivity index (χ1n) is 12.3. The van der Waals surface area contributed by atoms with E-state index in [1.807, 2.05) is 6.20 Å². The molecular formula is C26H35FN4O3S. The summed E-state index contributed by atoms with van der Waals surface area (Å²) in [7, 11) is -3.60. The molecular weight excluding hydrogens is 467 g/mol. The summed E-state index contributed by atoms with van der Waals surface area (Å²) in [6, 6.07) is 12.2. The van der Waals surface area contributed by atoms with Gasteiger partial charge in [0, 0.05) is 55.4 Å². The molecule has 2 heterocycles. The third kappa shape index (κ3) is 7.04. The van der Waals surface area contributed by atoms with Gasteiger partial charge in [-0.25, -0.2) is 17.5 Å². The Morgan fingerprint density at radius 1 is 1.09 bits per heavy atom. The van der Waals surface area contributed by atoms with Crippen molar-refractivity contribution in [1.82, 2.24) is 19.9 Å². The fraction of sp³-hybridized carbons (Fsp3) is 0.462. The quantitative estimate of drug-likeness (QED) is 0.349. The Labute approximate surface area is 207 Å². The summed E-state index contributed by atoms with van der Waals surface area (Å²) in [6.07, 6.45) is 4.02. The number of aryl methyl sites for hydroxylation is 1. The lowest BCUT2D eigenvalue weighted by atomic mass is 10.1. The number of fused-ring (bicyclic) bond motifs is 1. The standard InChI is InChI=1S/C26H35FN4O3S/c1-19-17-31(18-20(2)30-19)13-4-14-34-23-7-9-24(10-8-23)35(32,33)29-12-3-5-21-16-28-26-11-6-22(27)15-25(21)26/h6-11,15-16,19-20,28-30H,3-5,12-14,17-18H2,1-2H3/t19-,20+. The van der Waals surface area contributed by atoms with Crippen molar-refractivity contribution < 1.29 is 17.5 Å². The van der Waals surface area contributed by atoms with Gasteiger partial charge in [-0.05, 0) is 81.1 Å². The Morgan fingerprint density at radius 2 is 1.83 bits per heavy atom. The Bertz CT molecular complexity index is 1200. The summed E-state index contributed by atoms with van der Waals surface area (Å²) in [6.45, 7) is 8.38. The number of ether oxygens (including phenoxy) is 1. The second-order valence-corrected chi connectivity index (χ2v) is 11.2. The first-order chi connectivity index (χ1) is 16.8. The van der Waals surface area contributed by atoms with Crippen LogP contribution in [-0.2, 0) is 16.4 Å². The predicted molar refractivity (Wildman–Crippen MR) is 137 cm³/mol. The molecule has 7 nitrogen and oxygen atoms in total. The van der Waals surface area contributed by atoms with E-state index in [0.717, 1.165) is 42.5 Å². The van der Waals surface area contributed by atoms with Crippen LogP contribution in [0.25, 0.3) is 10.9 Å². The molecule has 1 aliphatic rings. The molecule has 0 aliphatic carbocycles. The maximum Gasteiger partial charge on any atom is 0.240 e. The van der Waals surface area contributed by atoms with E-state index in [1.54, 1.807) is 30.3 Å². The molecule has 0 saturated carbocycles. The van der Waals surface area contributed by atoms with Gasteiger partial charge in [0.2, 0.25) is 10.0 Å². The second-order valence-electron chi connectivity index (χ2n) is 9.41. The third-order valence-corrected chi connectivity index (χ3v) is 7.78. The summed E-state index contributed by atoms with van der Waals surface area (Å²) in [5.41, 5.74) is 1.85. The van der Waals surface area contributed by atoms with E-state index in [9.17, 15) is 12.8 Å². The molecule has 0 amide bonds. The number of halogens is 1. The summed E-state index contributed by atoms with van der Waals surface area (Å²) in [4.78, 5) is 5.78. The molecule has 190 valence electrons. The zero-order valence-electron chi connectivity index (χ0n) is 20.4. The van der Waals surface area contributed by atoms with Crippen LogP contribution in [0.15, 0.2) is 53.6 Å². The topological polar surface area (TPSA) is 86.5 Å². The minimum absolute atomic E-state index is 0.211. The average Bonchev–Trinajstić information content (AvgIpc) is 3.21. The van der Waals surface area contributed by atoms with E-state index in [4.69, 9.17) is 4.74 Å². The highest BCUT2D eigenvalue weighted by molar-refractivity contribution is 7.89. The molecule has 2 aromatic carbocycles. The number of rotatable bonds is 11. The van der Waals surface area contributed by atoms with Crippen LogP contribution in [-0.4, -0.2) is 63.2 Å². The summed E-state index contributed by atoms with van der Waals surface area (Å²) >= 11 is 0. The van der Waals surface area contributed by atoms with Gasteiger partial charge in [-0.2, -0.15) is 0 Å². The Balaban J connectivity index is 1.19. The Morgan fingerprint density at radius 3 is 2.57 bits per heavy atom. The van der Waals surface area contributed by atoms with E-state index in [2.05, 4.69) is 33.8 Å². The number of benzene rings is 2. The number of aromatic amines is 1. The minimum Gasteiger partial charge on any atom is -0.494 e. The normalized spacial score (nSPS) is 19.3. The van der Waals surface area contributed by atoms with Crippen LogP contribution in [0.1, 0.15) is 32.3 Å². The summed E-state index contributed by atoms with van der Waals surface area (Å²) in [5.74, 6) is 0.382. The van der Waals surface area contributed by atoms with Gasteiger partial charge >= 0.3 is 0 Å². The number of aromatic nitrogens is 1. The van der Waals surface area contributed by atoms with E-state index >= 15 is 0 Å². The van der Waals surface area contributed by atoms with E-state index in [1.165, 1.54) is 12.1 Å². The van der Waals surface area contributed by atoms with E-state index < -0.39 is 10.0 Å². The van der Waals surface area contributed by atoms with Crippen LogP contribution in [0.2, 0.25) is 0 Å². The molecule has 0 spiro atoms. The molecule has 3 aromatic rings. The number of nitrogens with one attached hydrogen (secondary N) is 3. The number of sulfonamides is 1. The smallest absolute Gasteiger partial charge is 0.240 e. The number of hydrogen-bond acceptors (Lipinski definition) is 5. The SMILES string of the molecule is C[C@@H]1CN(CCCOc2ccc(S(=O)(=O)NCCCc3c[nH]c4ccc(F)cc34)cc2)C[C@H](C)N1. The van der Waals surface area contributed by atoms with Gasteiger partial charge in [-0.1, -0.05) is 0 Å². The Hall–Kier alpha value is -2.46. The van der Waals surface area contributed by atoms with Crippen molar-refractivity contribution in [3.05, 3.63) is 60.0 Å². The lowest BCUT2D eigenvalue weighted by Gasteiger charge is -2.36. The summed E-state index contributed by atoms with van der Waals surface area (Å²) in [5, 5.41) is 4.37. The zero-order valence-corrected chi connectivity index (χ0v) is 21.2. The summed E-state index contributed by atoms with van der Waals surface area (Å²) < 4.78 is 47.3. The van der Waals surface area contributed by atoms with Crippen LogP contribution in [0.5, 0.6) is 5.75 Å². The predicted octanol–water partition coefficient (Wildman–Crippen LogP) is 3.67. The van der Waals surface area contributed by atoms with Crippen molar-refractivity contribution in [2.75, 3.05) is 32.8 Å². The number of nitrogens with zero attached hydrogens (tertiary/aromatic N) is 1. The zero-order chi connectivity index (χ0) is 24.8. The highest BCUT2D eigenvalue weighted by Gasteiger charge is 2.20. The van der Waals surface area contributed by atoms with Crippen molar-refractivity contribution >= 4 is 20.9 Å².